The molecule has 1 unspecified atom stereocenters. The minimum Gasteiger partial charge on any atom is -0.317 e. The van der Waals surface area contributed by atoms with Gasteiger partial charge in [-0.2, -0.15) is 0 Å². The molecule has 1 spiro atoms. The van der Waals surface area contributed by atoms with E-state index < -0.39 is 9.84 Å². The summed E-state index contributed by atoms with van der Waals surface area (Å²) in [6, 6.07) is 7.18. The third kappa shape index (κ3) is 3.47. The molecule has 2 fully saturated rings. The van der Waals surface area contributed by atoms with E-state index in [-0.39, 0.29) is 0 Å². The predicted octanol–water partition coefficient (Wildman–Crippen LogP) is 1.57. The molecule has 0 amide bonds. The fourth-order valence-corrected chi connectivity index (χ4v) is 4.13. The SMILES string of the molecule is CS(=O)(=O)c1ccc(CNCC2CC23CCNCC3)cc1. The quantitative estimate of drug-likeness (QED) is 0.867. The third-order valence-electron chi connectivity index (χ3n) is 5.03. The van der Waals surface area contributed by atoms with Gasteiger partial charge in [-0.05, 0) is 67.9 Å². The van der Waals surface area contributed by atoms with Crippen molar-refractivity contribution in [3.05, 3.63) is 29.8 Å². The largest absolute Gasteiger partial charge is 0.317 e. The van der Waals surface area contributed by atoms with Crippen LogP contribution in [-0.4, -0.2) is 34.3 Å². The first-order chi connectivity index (χ1) is 10.00. The van der Waals surface area contributed by atoms with E-state index in [1.807, 2.05) is 12.1 Å². The van der Waals surface area contributed by atoms with Crippen LogP contribution in [-0.2, 0) is 16.4 Å². The van der Waals surface area contributed by atoms with E-state index in [9.17, 15) is 8.42 Å². The molecule has 1 heterocycles. The van der Waals surface area contributed by atoms with Gasteiger partial charge in [-0.15, -0.1) is 0 Å². The zero-order valence-electron chi connectivity index (χ0n) is 12.6. The fourth-order valence-electron chi connectivity index (χ4n) is 3.50. The first-order valence-electron chi connectivity index (χ1n) is 7.70. The Labute approximate surface area is 127 Å². The second-order valence-corrected chi connectivity index (χ2v) is 8.58. The molecule has 3 rings (SSSR count). The lowest BCUT2D eigenvalue weighted by Crippen LogP contribution is -2.31. The summed E-state index contributed by atoms with van der Waals surface area (Å²) in [7, 11) is -3.09. The first kappa shape index (κ1) is 15.0. The van der Waals surface area contributed by atoms with Crippen LogP contribution in [0, 0.1) is 11.3 Å². The molecule has 0 aromatic heterocycles. The summed E-state index contributed by atoms with van der Waals surface area (Å²) < 4.78 is 22.8. The Kier molecular flexibility index (Phi) is 4.08. The maximum atomic E-state index is 11.4. The number of piperidine rings is 1. The lowest BCUT2D eigenvalue weighted by atomic mass is 9.92. The average Bonchev–Trinajstić information content (AvgIpc) is 3.11. The van der Waals surface area contributed by atoms with Crippen LogP contribution in [0.3, 0.4) is 0 Å². The maximum absolute atomic E-state index is 11.4. The molecule has 1 aliphatic heterocycles. The summed E-state index contributed by atoms with van der Waals surface area (Å²) in [4.78, 5) is 0.391. The van der Waals surface area contributed by atoms with E-state index in [1.165, 1.54) is 38.6 Å². The molecule has 1 aliphatic carbocycles. The van der Waals surface area contributed by atoms with Crippen LogP contribution in [0.15, 0.2) is 29.2 Å². The Morgan fingerprint density at radius 1 is 1.24 bits per heavy atom. The molecule has 0 radical (unpaired) electrons. The zero-order chi connectivity index (χ0) is 14.9. The molecule has 0 bridgehead atoms. The van der Waals surface area contributed by atoms with Crippen LogP contribution in [0.2, 0.25) is 0 Å². The van der Waals surface area contributed by atoms with Gasteiger partial charge in [0.15, 0.2) is 9.84 Å². The summed E-state index contributed by atoms with van der Waals surface area (Å²) in [6.07, 6.45) is 5.26. The van der Waals surface area contributed by atoms with Gasteiger partial charge in [0.25, 0.3) is 0 Å². The Morgan fingerprint density at radius 3 is 2.52 bits per heavy atom. The van der Waals surface area contributed by atoms with Crippen LogP contribution in [0.4, 0.5) is 0 Å². The highest BCUT2D eigenvalue weighted by Gasteiger charge is 2.52. The highest BCUT2D eigenvalue weighted by molar-refractivity contribution is 7.90. The topological polar surface area (TPSA) is 58.2 Å². The van der Waals surface area contributed by atoms with Crippen LogP contribution in [0.1, 0.15) is 24.8 Å². The highest BCUT2D eigenvalue weighted by atomic mass is 32.2. The van der Waals surface area contributed by atoms with Crippen molar-refractivity contribution < 1.29 is 8.42 Å². The monoisotopic (exact) mass is 308 g/mol. The summed E-state index contributed by atoms with van der Waals surface area (Å²) in [6.45, 7) is 4.23. The van der Waals surface area contributed by atoms with Crippen molar-refractivity contribution in [2.75, 3.05) is 25.9 Å². The standard InChI is InChI=1S/C16H24N2O2S/c1-21(19,20)15-4-2-13(3-5-15)11-18-12-14-10-16(14)6-8-17-9-7-16/h2-5,14,17-18H,6-12H2,1H3. The smallest absolute Gasteiger partial charge is 0.175 e. The van der Waals surface area contributed by atoms with Gasteiger partial charge in [0.1, 0.15) is 0 Å². The van der Waals surface area contributed by atoms with Gasteiger partial charge in [0.05, 0.1) is 4.90 Å². The molecule has 1 saturated carbocycles. The van der Waals surface area contributed by atoms with E-state index in [0.29, 0.717) is 10.3 Å². The number of rotatable bonds is 5. The summed E-state index contributed by atoms with van der Waals surface area (Å²) in [5.41, 5.74) is 1.76. The average molecular weight is 308 g/mol. The Bertz CT molecular complexity index is 589. The molecular formula is C16H24N2O2S. The molecule has 4 nitrogen and oxygen atoms in total. The maximum Gasteiger partial charge on any atom is 0.175 e. The molecule has 2 aliphatic rings. The van der Waals surface area contributed by atoms with Crippen molar-refractivity contribution >= 4 is 9.84 Å². The second kappa shape index (κ2) is 5.71. The van der Waals surface area contributed by atoms with Crippen molar-refractivity contribution in [2.45, 2.75) is 30.7 Å². The van der Waals surface area contributed by atoms with Crippen LogP contribution in [0.5, 0.6) is 0 Å². The molecular weight excluding hydrogens is 284 g/mol. The van der Waals surface area contributed by atoms with Gasteiger partial charge < -0.3 is 10.6 Å². The van der Waals surface area contributed by atoms with Crippen molar-refractivity contribution in [2.24, 2.45) is 11.3 Å². The van der Waals surface area contributed by atoms with E-state index in [1.54, 1.807) is 12.1 Å². The third-order valence-corrected chi connectivity index (χ3v) is 6.16. The first-order valence-corrected chi connectivity index (χ1v) is 9.59. The number of benzene rings is 1. The minimum absolute atomic E-state index is 0.391. The fraction of sp³-hybridized carbons (Fsp3) is 0.625. The van der Waals surface area contributed by atoms with Crippen molar-refractivity contribution in [1.82, 2.24) is 10.6 Å². The van der Waals surface area contributed by atoms with Crippen molar-refractivity contribution in [3.8, 4) is 0 Å². The number of sulfone groups is 1. The normalized spacial score (nSPS) is 24.1. The van der Waals surface area contributed by atoms with Gasteiger partial charge in [0.2, 0.25) is 0 Å². The molecule has 1 saturated heterocycles. The molecule has 1 aromatic carbocycles. The summed E-state index contributed by atoms with van der Waals surface area (Å²) in [5.74, 6) is 0.829. The number of hydrogen-bond donors (Lipinski definition) is 2. The molecule has 1 atom stereocenters. The van der Waals surface area contributed by atoms with Crippen LogP contribution in [0.25, 0.3) is 0 Å². The molecule has 1 aromatic rings. The predicted molar refractivity (Wildman–Crippen MR) is 83.9 cm³/mol. The minimum atomic E-state index is -3.09. The Morgan fingerprint density at radius 2 is 1.90 bits per heavy atom. The molecule has 2 N–H and O–H groups in total. The lowest BCUT2D eigenvalue weighted by Gasteiger charge is -2.23. The van der Waals surface area contributed by atoms with Gasteiger partial charge in [-0.25, -0.2) is 8.42 Å². The number of nitrogens with one attached hydrogen (secondary N) is 2. The number of hydrogen-bond acceptors (Lipinski definition) is 4. The van der Waals surface area contributed by atoms with Gasteiger partial charge in [0, 0.05) is 12.8 Å². The Balaban J connectivity index is 1.46. The van der Waals surface area contributed by atoms with Crippen molar-refractivity contribution in [1.29, 1.82) is 0 Å². The van der Waals surface area contributed by atoms with E-state index in [0.717, 1.165) is 24.6 Å². The van der Waals surface area contributed by atoms with Gasteiger partial charge in [-0.1, -0.05) is 12.1 Å². The summed E-state index contributed by atoms with van der Waals surface area (Å²) >= 11 is 0. The van der Waals surface area contributed by atoms with E-state index in [2.05, 4.69) is 10.6 Å². The van der Waals surface area contributed by atoms with E-state index in [4.69, 9.17) is 0 Å². The van der Waals surface area contributed by atoms with Crippen LogP contribution >= 0.6 is 0 Å². The van der Waals surface area contributed by atoms with E-state index >= 15 is 0 Å². The Hall–Kier alpha value is -0.910. The summed E-state index contributed by atoms with van der Waals surface area (Å²) in [5, 5.41) is 6.95. The van der Waals surface area contributed by atoms with Crippen molar-refractivity contribution in [3.63, 3.8) is 0 Å². The molecule has 116 valence electrons. The van der Waals surface area contributed by atoms with Gasteiger partial charge in [-0.3, -0.25) is 0 Å². The van der Waals surface area contributed by atoms with Crippen LogP contribution < -0.4 is 10.6 Å². The molecule has 5 heteroatoms. The lowest BCUT2D eigenvalue weighted by molar-refractivity contribution is 0.319. The molecule has 21 heavy (non-hydrogen) atoms. The highest BCUT2D eigenvalue weighted by Crippen LogP contribution is 2.58. The second-order valence-electron chi connectivity index (χ2n) is 6.56. The zero-order valence-corrected chi connectivity index (χ0v) is 13.4. The van der Waals surface area contributed by atoms with Gasteiger partial charge >= 0.3 is 0 Å².